The third kappa shape index (κ3) is 5.96. The van der Waals surface area contributed by atoms with Crippen LogP contribution >= 0.6 is 23.4 Å². The number of nitrogens with one attached hydrogen (secondary N) is 1. The summed E-state index contributed by atoms with van der Waals surface area (Å²) in [5.74, 6) is 0.329. The summed E-state index contributed by atoms with van der Waals surface area (Å²) < 4.78 is 0. The van der Waals surface area contributed by atoms with Gasteiger partial charge in [0.15, 0.2) is 0 Å². The number of halogens is 1. The normalized spacial score (nSPS) is 12.2. The molecule has 17 heavy (non-hydrogen) atoms. The lowest BCUT2D eigenvalue weighted by molar-refractivity contribution is -0.113. The fraction of sp³-hybridized carbons (Fsp3) is 0.417. The molecule has 1 rings (SSSR count). The number of hydrogen-bond acceptors (Lipinski definition) is 3. The average Bonchev–Trinajstić information content (AvgIpc) is 2.27. The first-order valence-electron chi connectivity index (χ1n) is 5.39. The fourth-order valence-corrected chi connectivity index (χ4v) is 2.22. The monoisotopic (exact) mass is 273 g/mol. The van der Waals surface area contributed by atoms with Crippen LogP contribution in [-0.4, -0.2) is 28.6 Å². The van der Waals surface area contributed by atoms with Crippen molar-refractivity contribution in [1.82, 2.24) is 0 Å². The summed E-state index contributed by atoms with van der Waals surface area (Å²) in [6.45, 7) is 2.15. The van der Waals surface area contributed by atoms with Crippen molar-refractivity contribution in [1.29, 1.82) is 0 Å². The molecular weight excluding hydrogens is 258 g/mol. The standard InChI is InChI=1S/C12H16ClNO2S/c1-9(5-6-15)17-8-12(16)14-11-4-2-3-10(13)7-11/h2-4,7,9,15H,5-6,8H2,1H3,(H,14,16). The third-order valence-electron chi connectivity index (χ3n) is 2.14. The highest BCUT2D eigenvalue weighted by Crippen LogP contribution is 2.17. The molecule has 0 fully saturated rings. The lowest BCUT2D eigenvalue weighted by Gasteiger charge is -2.09. The van der Waals surface area contributed by atoms with E-state index in [9.17, 15) is 4.79 Å². The van der Waals surface area contributed by atoms with E-state index >= 15 is 0 Å². The van der Waals surface area contributed by atoms with Crippen molar-refractivity contribution in [2.75, 3.05) is 17.7 Å². The van der Waals surface area contributed by atoms with Crippen LogP contribution in [0.2, 0.25) is 5.02 Å². The van der Waals surface area contributed by atoms with Gasteiger partial charge in [0.05, 0.1) is 5.75 Å². The highest BCUT2D eigenvalue weighted by atomic mass is 35.5. The fourth-order valence-electron chi connectivity index (χ4n) is 1.25. The zero-order valence-electron chi connectivity index (χ0n) is 9.65. The Kier molecular flexibility index (Phi) is 6.40. The van der Waals surface area contributed by atoms with Crippen LogP contribution in [0.3, 0.4) is 0 Å². The van der Waals surface area contributed by atoms with Crippen LogP contribution in [0.1, 0.15) is 13.3 Å². The van der Waals surface area contributed by atoms with E-state index in [1.165, 1.54) is 11.8 Å². The molecule has 0 aliphatic heterocycles. The molecule has 0 aliphatic carbocycles. The van der Waals surface area contributed by atoms with Gasteiger partial charge in [0.2, 0.25) is 5.91 Å². The van der Waals surface area contributed by atoms with E-state index in [1.807, 2.05) is 6.92 Å². The average molecular weight is 274 g/mol. The number of aliphatic hydroxyl groups is 1. The Morgan fingerprint density at radius 1 is 1.59 bits per heavy atom. The van der Waals surface area contributed by atoms with Crippen molar-refractivity contribution in [3.8, 4) is 0 Å². The minimum absolute atomic E-state index is 0.0537. The van der Waals surface area contributed by atoms with Crippen LogP contribution in [0.4, 0.5) is 5.69 Å². The van der Waals surface area contributed by atoms with Crippen molar-refractivity contribution in [3.05, 3.63) is 29.3 Å². The first kappa shape index (κ1) is 14.4. The number of amides is 1. The van der Waals surface area contributed by atoms with E-state index in [1.54, 1.807) is 24.3 Å². The van der Waals surface area contributed by atoms with Crippen LogP contribution < -0.4 is 5.32 Å². The maximum absolute atomic E-state index is 11.6. The minimum atomic E-state index is -0.0537. The second kappa shape index (κ2) is 7.58. The van der Waals surface area contributed by atoms with Crippen LogP contribution in [0.15, 0.2) is 24.3 Å². The molecule has 1 aromatic carbocycles. The summed E-state index contributed by atoms with van der Waals surface area (Å²) in [7, 11) is 0. The Hall–Kier alpha value is -0.710. The number of anilines is 1. The molecule has 0 heterocycles. The van der Waals surface area contributed by atoms with Gasteiger partial charge in [-0.2, -0.15) is 0 Å². The zero-order valence-corrected chi connectivity index (χ0v) is 11.2. The van der Waals surface area contributed by atoms with Gasteiger partial charge in [0.25, 0.3) is 0 Å². The maximum Gasteiger partial charge on any atom is 0.234 e. The highest BCUT2D eigenvalue weighted by molar-refractivity contribution is 8.00. The zero-order chi connectivity index (χ0) is 12.7. The number of benzene rings is 1. The van der Waals surface area contributed by atoms with Crippen molar-refractivity contribution < 1.29 is 9.90 Å². The summed E-state index contributed by atoms with van der Waals surface area (Å²) >= 11 is 7.34. The van der Waals surface area contributed by atoms with Gasteiger partial charge in [-0.05, 0) is 24.6 Å². The minimum Gasteiger partial charge on any atom is -0.396 e. The molecular formula is C12H16ClNO2S. The Balaban J connectivity index is 2.34. The van der Waals surface area contributed by atoms with Crippen molar-refractivity contribution in [3.63, 3.8) is 0 Å². The Morgan fingerprint density at radius 3 is 3.00 bits per heavy atom. The number of rotatable bonds is 6. The van der Waals surface area contributed by atoms with E-state index in [-0.39, 0.29) is 17.8 Å². The van der Waals surface area contributed by atoms with Gasteiger partial charge in [-0.1, -0.05) is 24.6 Å². The van der Waals surface area contributed by atoms with E-state index in [4.69, 9.17) is 16.7 Å². The molecule has 1 amide bonds. The number of thioether (sulfide) groups is 1. The summed E-state index contributed by atoms with van der Waals surface area (Å²) in [5.41, 5.74) is 0.706. The summed E-state index contributed by atoms with van der Waals surface area (Å²) in [6.07, 6.45) is 0.703. The topological polar surface area (TPSA) is 49.3 Å². The number of aliphatic hydroxyl groups excluding tert-OH is 1. The van der Waals surface area contributed by atoms with Gasteiger partial charge in [0, 0.05) is 22.6 Å². The predicted molar refractivity (Wildman–Crippen MR) is 73.7 cm³/mol. The van der Waals surface area contributed by atoms with Gasteiger partial charge in [-0.3, -0.25) is 4.79 Å². The van der Waals surface area contributed by atoms with Gasteiger partial charge < -0.3 is 10.4 Å². The molecule has 0 aromatic heterocycles. The Morgan fingerprint density at radius 2 is 2.35 bits per heavy atom. The summed E-state index contributed by atoms with van der Waals surface area (Å²) in [5, 5.41) is 12.4. The quantitative estimate of drug-likeness (QED) is 0.838. The van der Waals surface area contributed by atoms with E-state index in [2.05, 4.69) is 5.32 Å². The number of hydrogen-bond donors (Lipinski definition) is 2. The third-order valence-corrected chi connectivity index (χ3v) is 3.61. The van der Waals surface area contributed by atoms with Crippen molar-refractivity contribution in [2.45, 2.75) is 18.6 Å². The molecule has 0 aliphatic rings. The number of carbonyl (C=O) groups is 1. The van der Waals surface area contributed by atoms with Crippen LogP contribution in [0.25, 0.3) is 0 Å². The largest absolute Gasteiger partial charge is 0.396 e. The van der Waals surface area contributed by atoms with Crippen LogP contribution in [0.5, 0.6) is 0 Å². The molecule has 5 heteroatoms. The number of carbonyl (C=O) groups excluding carboxylic acids is 1. The molecule has 1 atom stereocenters. The van der Waals surface area contributed by atoms with E-state index < -0.39 is 0 Å². The summed E-state index contributed by atoms with van der Waals surface area (Å²) in [6, 6.07) is 7.06. The van der Waals surface area contributed by atoms with Crippen LogP contribution in [-0.2, 0) is 4.79 Å². The molecule has 3 nitrogen and oxygen atoms in total. The highest BCUT2D eigenvalue weighted by Gasteiger charge is 2.07. The second-order valence-corrected chi connectivity index (χ2v) is 5.56. The van der Waals surface area contributed by atoms with Crippen molar-refractivity contribution in [2.24, 2.45) is 0 Å². The Bertz CT molecular complexity index is 373. The molecule has 2 N–H and O–H groups in total. The predicted octanol–water partition coefficient (Wildman–Crippen LogP) is 2.78. The smallest absolute Gasteiger partial charge is 0.234 e. The molecule has 0 bridgehead atoms. The first-order chi connectivity index (χ1) is 8.11. The van der Waals surface area contributed by atoms with E-state index in [0.29, 0.717) is 22.9 Å². The molecule has 1 aromatic rings. The molecule has 0 radical (unpaired) electrons. The molecule has 0 spiro atoms. The van der Waals surface area contributed by atoms with Gasteiger partial charge in [-0.15, -0.1) is 11.8 Å². The maximum atomic E-state index is 11.6. The van der Waals surface area contributed by atoms with Gasteiger partial charge in [0.1, 0.15) is 0 Å². The lowest BCUT2D eigenvalue weighted by atomic mass is 10.3. The summed E-state index contributed by atoms with van der Waals surface area (Å²) in [4.78, 5) is 11.6. The molecule has 0 saturated heterocycles. The molecule has 94 valence electrons. The first-order valence-corrected chi connectivity index (χ1v) is 6.82. The lowest BCUT2D eigenvalue weighted by Crippen LogP contribution is -2.16. The molecule has 1 unspecified atom stereocenters. The van der Waals surface area contributed by atoms with Gasteiger partial charge >= 0.3 is 0 Å². The van der Waals surface area contributed by atoms with Gasteiger partial charge in [-0.25, -0.2) is 0 Å². The molecule has 0 saturated carbocycles. The SMILES string of the molecule is CC(CCO)SCC(=O)Nc1cccc(Cl)c1. The Labute approximate surface area is 111 Å². The van der Waals surface area contributed by atoms with Crippen molar-refractivity contribution >= 4 is 35.0 Å². The van der Waals surface area contributed by atoms with E-state index in [0.717, 1.165) is 0 Å². The van der Waals surface area contributed by atoms with Crippen LogP contribution in [0, 0.1) is 0 Å². The second-order valence-electron chi connectivity index (χ2n) is 3.69.